The zero-order valence-corrected chi connectivity index (χ0v) is 31.9. The van der Waals surface area contributed by atoms with Gasteiger partial charge in [0.25, 0.3) is 0 Å². The molecule has 3 heteroatoms. The molecule has 0 spiro atoms. The Balaban J connectivity index is 1.74. The fourth-order valence-corrected chi connectivity index (χ4v) is 6.92. The zero-order chi connectivity index (χ0) is 33.8. The van der Waals surface area contributed by atoms with E-state index in [1.165, 1.54) is 164 Å². The molecule has 0 N–H and O–H groups in total. The Morgan fingerprint density at radius 2 is 0.830 bits per heavy atom. The van der Waals surface area contributed by atoms with E-state index in [-0.39, 0.29) is 0 Å². The molecule has 0 amide bonds. The molecule has 1 aromatic carbocycles. The van der Waals surface area contributed by atoms with E-state index in [1.807, 2.05) is 0 Å². The summed E-state index contributed by atoms with van der Waals surface area (Å²) in [6, 6.07) is 11.2. The van der Waals surface area contributed by atoms with Crippen molar-refractivity contribution in [2.45, 2.75) is 202 Å². The molecule has 2 rings (SSSR count). The number of aromatic nitrogens is 1. The first kappa shape index (κ1) is 41.1. The summed E-state index contributed by atoms with van der Waals surface area (Å²) in [4.78, 5) is 0. The lowest BCUT2D eigenvalue weighted by atomic mass is 10.1. The Kier molecular flexibility index (Phi) is 24.4. The Labute approximate surface area is 292 Å². The maximum atomic E-state index is 6.42. The van der Waals surface area contributed by atoms with Gasteiger partial charge in [0.05, 0.1) is 13.2 Å². The second-order valence-electron chi connectivity index (χ2n) is 14.5. The first-order chi connectivity index (χ1) is 23.0. The molecule has 47 heavy (non-hydrogen) atoms. The van der Waals surface area contributed by atoms with Crippen molar-refractivity contribution in [2.75, 3.05) is 13.2 Å². The van der Waals surface area contributed by atoms with E-state index in [2.05, 4.69) is 69.5 Å². The summed E-state index contributed by atoms with van der Waals surface area (Å²) < 4.78 is 15.2. The SMILES string of the molecule is CCCCCCCCCCCCCCOc1ccc(CC[n+]2c(C)cc(C)cc2C)cc1OCCCCCCCCCCCCCC. The van der Waals surface area contributed by atoms with Crippen molar-refractivity contribution in [2.24, 2.45) is 0 Å². The van der Waals surface area contributed by atoms with Gasteiger partial charge in [-0.3, -0.25) is 0 Å². The second kappa shape index (κ2) is 27.9. The van der Waals surface area contributed by atoms with Gasteiger partial charge in [0.15, 0.2) is 29.4 Å². The molecule has 0 radical (unpaired) electrons. The molecule has 1 aromatic heterocycles. The van der Waals surface area contributed by atoms with E-state index in [1.54, 1.807) is 0 Å². The van der Waals surface area contributed by atoms with E-state index in [9.17, 15) is 0 Å². The molecular weight excluding hydrogens is 574 g/mol. The molecule has 0 aliphatic heterocycles. The van der Waals surface area contributed by atoms with Crippen LogP contribution in [0.2, 0.25) is 0 Å². The van der Waals surface area contributed by atoms with Crippen molar-refractivity contribution < 1.29 is 14.0 Å². The number of hydrogen-bond acceptors (Lipinski definition) is 2. The van der Waals surface area contributed by atoms with Crippen molar-refractivity contribution in [1.82, 2.24) is 0 Å². The fourth-order valence-electron chi connectivity index (χ4n) is 6.92. The van der Waals surface area contributed by atoms with Gasteiger partial charge >= 0.3 is 0 Å². The third kappa shape index (κ3) is 20.2. The first-order valence-corrected chi connectivity index (χ1v) is 20.4. The minimum absolute atomic E-state index is 0.779. The molecule has 2 aromatic rings. The lowest BCUT2D eigenvalue weighted by molar-refractivity contribution is -0.708. The van der Waals surface area contributed by atoms with E-state index in [4.69, 9.17) is 9.47 Å². The molecule has 0 aliphatic carbocycles. The summed E-state index contributed by atoms with van der Waals surface area (Å²) >= 11 is 0. The van der Waals surface area contributed by atoms with Crippen molar-refractivity contribution in [3.05, 3.63) is 52.8 Å². The number of rotatable bonds is 31. The Hall–Kier alpha value is -2.03. The zero-order valence-electron chi connectivity index (χ0n) is 31.9. The van der Waals surface area contributed by atoms with Gasteiger partial charge in [-0.05, 0) is 43.0 Å². The van der Waals surface area contributed by atoms with Crippen LogP contribution in [0.15, 0.2) is 30.3 Å². The molecule has 268 valence electrons. The first-order valence-electron chi connectivity index (χ1n) is 20.4. The molecule has 3 nitrogen and oxygen atoms in total. The van der Waals surface area contributed by atoms with E-state index < -0.39 is 0 Å². The highest BCUT2D eigenvalue weighted by molar-refractivity contribution is 5.43. The summed E-state index contributed by atoms with van der Waals surface area (Å²) in [5, 5.41) is 0. The van der Waals surface area contributed by atoms with Gasteiger partial charge in [-0.1, -0.05) is 161 Å². The number of benzene rings is 1. The van der Waals surface area contributed by atoms with Crippen molar-refractivity contribution in [1.29, 1.82) is 0 Å². The van der Waals surface area contributed by atoms with Crippen LogP contribution in [-0.2, 0) is 13.0 Å². The number of ether oxygens (including phenoxy) is 2. The average molecular weight is 651 g/mol. The lowest BCUT2D eigenvalue weighted by Gasteiger charge is -2.15. The van der Waals surface area contributed by atoms with Gasteiger partial charge in [-0.15, -0.1) is 0 Å². The van der Waals surface area contributed by atoms with Gasteiger partial charge < -0.3 is 9.47 Å². The Morgan fingerprint density at radius 1 is 0.447 bits per heavy atom. The summed E-state index contributed by atoms with van der Waals surface area (Å²) in [6.45, 7) is 13.7. The van der Waals surface area contributed by atoms with Crippen LogP contribution in [0.3, 0.4) is 0 Å². The second-order valence-corrected chi connectivity index (χ2v) is 14.5. The number of hydrogen-bond donors (Lipinski definition) is 0. The topological polar surface area (TPSA) is 22.3 Å². The van der Waals surface area contributed by atoms with Crippen molar-refractivity contribution >= 4 is 0 Å². The van der Waals surface area contributed by atoms with Gasteiger partial charge in [0.2, 0.25) is 0 Å². The predicted molar refractivity (Wildman–Crippen MR) is 204 cm³/mol. The maximum Gasteiger partial charge on any atom is 0.178 e. The quantitative estimate of drug-likeness (QED) is 0.0598. The molecular formula is C44H76NO2+. The largest absolute Gasteiger partial charge is 0.490 e. The van der Waals surface area contributed by atoms with Crippen LogP contribution in [0.1, 0.15) is 190 Å². The highest BCUT2D eigenvalue weighted by Crippen LogP contribution is 2.29. The third-order valence-electron chi connectivity index (χ3n) is 9.87. The molecule has 0 bridgehead atoms. The summed E-state index contributed by atoms with van der Waals surface area (Å²) in [5.41, 5.74) is 5.31. The minimum atomic E-state index is 0.779. The van der Waals surface area contributed by atoms with E-state index in [0.717, 1.165) is 50.5 Å². The van der Waals surface area contributed by atoms with Gasteiger partial charge in [0, 0.05) is 32.4 Å². The number of nitrogens with zero attached hydrogens (tertiary/aromatic N) is 1. The standard InChI is InChI=1S/C44H76NO2/c1-6-8-10-12-14-16-18-20-22-24-26-28-34-46-43-31-30-42(32-33-45-40(4)36-39(3)37-41(45)5)38-44(43)47-35-29-27-25-23-21-19-17-15-13-11-9-7-2/h30-31,36-38H,6-29,32-35H2,1-5H3/q+1. The van der Waals surface area contributed by atoms with Crippen LogP contribution >= 0.6 is 0 Å². The molecule has 1 heterocycles. The molecule has 0 saturated heterocycles. The summed E-state index contributed by atoms with van der Waals surface area (Å²) in [6.07, 6.45) is 33.7. The number of aryl methyl sites for hydroxylation is 4. The van der Waals surface area contributed by atoms with Crippen LogP contribution in [0, 0.1) is 20.8 Å². The predicted octanol–water partition coefficient (Wildman–Crippen LogP) is 13.3. The molecule has 0 atom stereocenters. The smallest absolute Gasteiger partial charge is 0.178 e. The third-order valence-corrected chi connectivity index (χ3v) is 9.87. The summed E-state index contributed by atoms with van der Waals surface area (Å²) in [7, 11) is 0. The van der Waals surface area contributed by atoms with Gasteiger partial charge in [0.1, 0.15) is 0 Å². The fraction of sp³-hybridized carbons (Fsp3) is 0.750. The number of unbranched alkanes of at least 4 members (excludes halogenated alkanes) is 22. The van der Waals surface area contributed by atoms with Crippen molar-refractivity contribution in [3.8, 4) is 11.5 Å². The van der Waals surface area contributed by atoms with Crippen LogP contribution in [-0.4, -0.2) is 13.2 Å². The maximum absolute atomic E-state index is 6.42. The summed E-state index contributed by atoms with van der Waals surface area (Å²) in [5.74, 6) is 1.86. The van der Waals surface area contributed by atoms with Gasteiger partial charge in [-0.25, -0.2) is 0 Å². The highest BCUT2D eigenvalue weighted by atomic mass is 16.5. The van der Waals surface area contributed by atoms with Gasteiger partial charge in [-0.2, -0.15) is 4.57 Å². The number of pyridine rings is 1. The Morgan fingerprint density at radius 3 is 1.26 bits per heavy atom. The van der Waals surface area contributed by atoms with E-state index in [0.29, 0.717) is 0 Å². The normalized spacial score (nSPS) is 11.3. The van der Waals surface area contributed by atoms with Crippen LogP contribution in [0.5, 0.6) is 11.5 Å². The van der Waals surface area contributed by atoms with Crippen LogP contribution in [0.25, 0.3) is 0 Å². The monoisotopic (exact) mass is 651 g/mol. The highest BCUT2D eigenvalue weighted by Gasteiger charge is 2.13. The Bertz CT molecular complexity index is 1010. The van der Waals surface area contributed by atoms with Crippen molar-refractivity contribution in [3.63, 3.8) is 0 Å². The van der Waals surface area contributed by atoms with E-state index >= 15 is 0 Å². The molecule has 0 fully saturated rings. The molecule has 0 aliphatic rings. The molecule has 0 unspecified atom stereocenters. The van der Waals surface area contributed by atoms with Crippen LogP contribution in [0.4, 0.5) is 0 Å². The molecule has 0 saturated carbocycles. The van der Waals surface area contributed by atoms with Crippen LogP contribution < -0.4 is 14.0 Å². The lowest BCUT2D eigenvalue weighted by Crippen LogP contribution is -2.41. The minimum Gasteiger partial charge on any atom is -0.490 e. The average Bonchev–Trinajstić information content (AvgIpc) is 3.05.